The highest BCUT2D eigenvalue weighted by Gasteiger charge is 2.46. The van der Waals surface area contributed by atoms with E-state index in [0.717, 1.165) is 38.2 Å². The van der Waals surface area contributed by atoms with Gasteiger partial charge >= 0.3 is 5.97 Å². The third-order valence-corrected chi connectivity index (χ3v) is 7.49. The number of carbonyl (C=O) groups is 1. The molecule has 5 nitrogen and oxygen atoms in total. The molecular weight excluding hydrogens is 438 g/mol. The van der Waals surface area contributed by atoms with E-state index in [9.17, 15) is 14.9 Å². The molecule has 0 fully saturated rings. The topological polar surface area (TPSA) is 69.4 Å². The van der Waals surface area contributed by atoms with E-state index in [2.05, 4.69) is 79.7 Å². The minimum absolute atomic E-state index is 0.0852. The van der Waals surface area contributed by atoms with Crippen LogP contribution in [-0.4, -0.2) is 10.9 Å². The fourth-order valence-electron chi connectivity index (χ4n) is 5.94. The lowest BCUT2D eigenvalue weighted by Crippen LogP contribution is -2.29. The van der Waals surface area contributed by atoms with Crippen molar-refractivity contribution in [2.24, 2.45) is 0 Å². The Morgan fingerprint density at radius 2 is 1.17 bits per heavy atom. The molecule has 1 aliphatic rings. The van der Waals surface area contributed by atoms with Gasteiger partial charge < -0.3 is 4.74 Å². The largest absolute Gasteiger partial charge is 0.450 e. The standard InChI is InChI=1S/C30H37NO4/c1-14(2)21-12-23(16(5)6)27-25-19(21)10-11-20-22(15(3)4)13-24(17(7)8)28(26(20)25)30(35-18(9)32)29(27)31(33)34/h10-17,29-30H,1-9H3/t29-,30-/m0/s1. The number of nitro groups is 1. The van der Waals surface area contributed by atoms with Gasteiger partial charge in [0.2, 0.25) is 0 Å². The molecule has 0 amide bonds. The second kappa shape index (κ2) is 8.92. The van der Waals surface area contributed by atoms with Crippen molar-refractivity contribution in [3.05, 3.63) is 67.8 Å². The maximum atomic E-state index is 12.8. The van der Waals surface area contributed by atoms with E-state index in [4.69, 9.17) is 4.74 Å². The zero-order chi connectivity index (χ0) is 25.9. The molecular formula is C30H37NO4. The number of rotatable bonds is 6. The minimum Gasteiger partial charge on any atom is -0.450 e. The Hall–Kier alpha value is -2.95. The Morgan fingerprint density at radius 1 is 0.771 bits per heavy atom. The fraction of sp³-hybridized carbons (Fsp3) is 0.500. The van der Waals surface area contributed by atoms with E-state index < -0.39 is 18.1 Å². The third-order valence-electron chi connectivity index (χ3n) is 7.49. The molecule has 0 radical (unpaired) electrons. The van der Waals surface area contributed by atoms with Crippen LogP contribution in [0.25, 0.3) is 21.5 Å². The number of ether oxygens (including phenoxy) is 1. The van der Waals surface area contributed by atoms with Crippen molar-refractivity contribution in [1.82, 2.24) is 0 Å². The molecule has 0 N–H and O–H groups in total. The zero-order valence-electron chi connectivity index (χ0n) is 22.4. The Labute approximate surface area is 208 Å². The molecule has 0 aromatic heterocycles. The summed E-state index contributed by atoms with van der Waals surface area (Å²) < 4.78 is 5.87. The summed E-state index contributed by atoms with van der Waals surface area (Å²) in [5.74, 6) is 0.244. The quantitative estimate of drug-likeness (QED) is 0.155. The molecule has 35 heavy (non-hydrogen) atoms. The molecule has 4 rings (SSSR count). The monoisotopic (exact) mass is 475 g/mol. The van der Waals surface area contributed by atoms with E-state index in [1.807, 2.05) is 0 Å². The molecule has 186 valence electrons. The van der Waals surface area contributed by atoms with E-state index >= 15 is 0 Å². The van der Waals surface area contributed by atoms with Gasteiger partial charge in [-0.3, -0.25) is 14.9 Å². The molecule has 1 aliphatic carbocycles. The molecule has 0 unspecified atom stereocenters. The maximum absolute atomic E-state index is 12.8. The molecule has 5 heteroatoms. The Bertz CT molecular complexity index is 1350. The number of hydrogen-bond donors (Lipinski definition) is 0. The highest BCUT2D eigenvalue weighted by molar-refractivity contribution is 6.15. The van der Waals surface area contributed by atoms with Gasteiger partial charge in [0.15, 0.2) is 6.10 Å². The maximum Gasteiger partial charge on any atom is 0.303 e. The second-order valence-electron chi connectivity index (χ2n) is 11.2. The van der Waals surface area contributed by atoms with Crippen molar-refractivity contribution in [1.29, 1.82) is 0 Å². The zero-order valence-corrected chi connectivity index (χ0v) is 22.4. The number of nitrogens with zero attached hydrogens (tertiary/aromatic N) is 1. The minimum atomic E-state index is -1.15. The molecule has 3 aromatic rings. The molecule has 0 heterocycles. The van der Waals surface area contributed by atoms with Crippen LogP contribution in [0.2, 0.25) is 0 Å². The van der Waals surface area contributed by atoms with Crippen LogP contribution in [0, 0.1) is 10.1 Å². The summed E-state index contributed by atoms with van der Waals surface area (Å²) in [5.41, 5.74) is 5.95. The van der Waals surface area contributed by atoms with Gasteiger partial charge in [0, 0.05) is 28.4 Å². The Morgan fingerprint density at radius 3 is 1.54 bits per heavy atom. The summed E-state index contributed by atoms with van der Waals surface area (Å²) in [5, 5.41) is 16.9. The average molecular weight is 476 g/mol. The van der Waals surface area contributed by atoms with Crippen LogP contribution in [0.5, 0.6) is 0 Å². The van der Waals surface area contributed by atoms with Gasteiger partial charge in [0.1, 0.15) is 0 Å². The van der Waals surface area contributed by atoms with Gasteiger partial charge in [0.05, 0.1) is 0 Å². The van der Waals surface area contributed by atoms with Crippen molar-refractivity contribution in [2.75, 3.05) is 0 Å². The summed E-state index contributed by atoms with van der Waals surface area (Å²) in [6.45, 7) is 18.4. The molecule has 3 aromatic carbocycles. The average Bonchev–Trinajstić information content (AvgIpc) is 2.75. The first-order valence-electron chi connectivity index (χ1n) is 12.8. The van der Waals surface area contributed by atoms with Crippen LogP contribution < -0.4 is 0 Å². The number of benzene rings is 3. The van der Waals surface area contributed by atoms with E-state index in [1.54, 1.807) is 0 Å². The highest BCUT2D eigenvalue weighted by Crippen LogP contribution is 2.54. The van der Waals surface area contributed by atoms with Gasteiger partial charge in [-0.05, 0) is 62.1 Å². The van der Waals surface area contributed by atoms with Gasteiger partial charge in [-0.15, -0.1) is 0 Å². The van der Waals surface area contributed by atoms with E-state index in [1.165, 1.54) is 18.1 Å². The molecule has 0 saturated carbocycles. The lowest BCUT2D eigenvalue weighted by atomic mass is 9.72. The third kappa shape index (κ3) is 3.89. The predicted molar refractivity (Wildman–Crippen MR) is 142 cm³/mol. The number of esters is 1. The predicted octanol–water partition coefficient (Wildman–Crippen LogP) is 8.42. The van der Waals surface area contributed by atoms with Crippen LogP contribution in [0.4, 0.5) is 0 Å². The normalized spacial score (nSPS) is 17.5. The molecule has 0 bridgehead atoms. The molecule has 0 aliphatic heterocycles. The van der Waals surface area contributed by atoms with E-state index in [0.29, 0.717) is 5.56 Å². The lowest BCUT2D eigenvalue weighted by Gasteiger charge is -2.35. The highest BCUT2D eigenvalue weighted by atomic mass is 16.6. The van der Waals surface area contributed by atoms with Crippen molar-refractivity contribution < 1.29 is 14.5 Å². The van der Waals surface area contributed by atoms with Gasteiger partial charge in [-0.2, -0.15) is 0 Å². The summed E-state index contributed by atoms with van der Waals surface area (Å²) in [6, 6.07) is 7.51. The smallest absolute Gasteiger partial charge is 0.303 e. The summed E-state index contributed by atoms with van der Waals surface area (Å²) in [6.07, 6.45) is -0.968. The molecule has 2 atom stereocenters. The lowest BCUT2D eigenvalue weighted by molar-refractivity contribution is -0.542. The Balaban J connectivity index is 2.40. The van der Waals surface area contributed by atoms with Crippen LogP contribution in [-0.2, 0) is 9.53 Å². The van der Waals surface area contributed by atoms with Crippen molar-refractivity contribution in [3.8, 4) is 0 Å². The molecule has 0 spiro atoms. The van der Waals surface area contributed by atoms with Crippen LogP contribution in [0.3, 0.4) is 0 Å². The Kier molecular flexibility index (Phi) is 6.41. The SMILES string of the molecule is CC(=O)O[C@H]1c2c(C(C)C)cc(C(C)C)c3ccc4c(C(C)C)cc(C(C)C)c(c4c23)[C@@H]1[N+](=O)[O-]. The first kappa shape index (κ1) is 25.2. The summed E-state index contributed by atoms with van der Waals surface area (Å²) >= 11 is 0. The van der Waals surface area contributed by atoms with Gasteiger partial charge in [0.25, 0.3) is 6.04 Å². The second-order valence-corrected chi connectivity index (χ2v) is 11.2. The van der Waals surface area contributed by atoms with Crippen LogP contribution >= 0.6 is 0 Å². The van der Waals surface area contributed by atoms with Crippen molar-refractivity contribution >= 4 is 27.5 Å². The van der Waals surface area contributed by atoms with Crippen molar-refractivity contribution in [2.45, 2.75) is 98.1 Å². The first-order valence-corrected chi connectivity index (χ1v) is 12.8. The van der Waals surface area contributed by atoms with Crippen LogP contribution in [0.1, 0.15) is 132 Å². The number of carbonyl (C=O) groups excluding carboxylic acids is 1. The summed E-state index contributed by atoms with van der Waals surface area (Å²) in [7, 11) is 0. The molecule has 0 saturated heterocycles. The fourth-order valence-corrected chi connectivity index (χ4v) is 5.94. The summed E-state index contributed by atoms with van der Waals surface area (Å²) in [4.78, 5) is 24.9. The number of hydrogen-bond acceptors (Lipinski definition) is 4. The van der Waals surface area contributed by atoms with Crippen LogP contribution in [0.15, 0.2) is 24.3 Å². The van der Waals surface area contributed by atoms with Crippen molar-refractivity contribution in [3.63, 3.8) is 0 Å². The van der Waals surface area contributed by atoms with E-state index in [-0.39, 0.29) is 28.6 Å². The van der Waals surface area contributed by atoms with Gasteiger partial charge in [-0.1, -0.05) is 79.7 Å². The first-order chi connectivity index (χ1) is 16.4. The van der Waals surface area contributed by atoms with Gasteiger partial charge in [-0.25, -0.2) is 0 Å².